The minimum Gasteiger partial charge on any atom is -0.497 e. The second-order valence-corrected chi connectivity index (χ2v) is 9.71. The number of allylic oxidation sites excluding steroid dienone is 1. The summed E-state index contributed by atoms with van der Waals surface area (Å²) in [5, 5.41) is 11.6. The first-order valence-electron chi connectivity index (χ1n) is 12.1. The third kappa shape index (κ3) is 4.84. The minimum absolute atomic E-state index is 0.128. The maximum atomic E-state index is 13.7. The molecule has 1 aliphatic rings. The van der Waals surface area contributed by atoms with Crippen LogP contribution in [0, 0.1) is 15.9 Å². The lowest BCUT2D eigenvalue weighted by atomic mass is 9.96. The lowest BCUT2D eigenvalue weighted by Gasteiger charge is -2.24. The molecule has 10 nitrogen and oxygen atoms in total. The molecule has 3 heterocycles. The molecule has 1 aliphatic heterocycles. The van der Waals surface area contributed by atoms with Gasteiger partial charge in [0.25, 0.3) is 11.2 Å². The smallest absolute Gasteiger partial charge is 0.338 e. The van der Waals surface area contributed by atoms with Crippen molar-refractivity contribution in [1.29, 1.82) is 0 Å². The van der Waals surface area contributed by atoms with Gasteiger partial charge in [0.1, 0.15) is 23.1 Å². The van der Waals surface area contributed by atoms with Crippen molar-refractivity contribution < 1.29 is 28.0 Å². The van der Waals surface area contributed by atoms with Gasteiger partial charge < -0.3 is 13.9 Å². The summed E-state index contributed by atoms with van der Waals surface area (Å²) in [5.74, 6) is -0.232. The Balaban J connectivity index is 1.62. The molecule has 0 radical (unpaired) electrons. The second kappa shape index (κ2) is 10.7. The molecule has 0 saturated heterocycles. The van der Waals surface area contributed by atoms with Crippen LogP contribution in [0.15, 0.2) is 80.1 Å². The van der Waals surface area contributed by atoms with Crippen LogP contribution in [0.1, 0.15) is 31.2 Å². The number of aromatic nitrogens is 1. The van der Waals surface area contributed by atoms with Crippen LogP contribution in [0.4, 0.5) is 10.1 Å². The lowest BCUT2D eigenvalue weighted by Crippen LogP contribution is -2.39. The van der Waals surface area contributed by atoms with Crippen LogP contribution < -0.4 is 19.6 Å². The number of furan rings is 1. The Bertz CT molecular complexity index is 1850. The van der Waals surface area contributed by atoms with Gasteiger partial charge in [0.05, 0.1) is 52.1 Å². The maximum absolute atomic E-state index is 13.7. The number of nitro benzene ring substituents is 1. The van der Waals surface area contributed by atoms with Crippen molar-refractivity contribution in [2.24, 2.45) is 4.99 Å². The molecule has 40 heavy (non-hydrogen) atoms. The summed E-state index contributed by atoms with van der Waals surface area (Å²) in [6.07, 6.45) is 1.51. The molecule has 0 saturated carbocycles. The summed E-state index contributed by atoms with van der Waals surface area (Å²) in [4.78, 5) is 42.5. The molecule has 5 rings (SSSR count). The molecular formula is C28H22FN3O7S. The van der Waals surface area contributed by atoms with E-state index in [2.05, 4.69) is 4.99 Å². The highest BCUT2D eigenvalue weighted by Gasteiger charge is 2.33. The fraction of sp³-hybridized carbons (Fsp3) is 0.179. The maximum Gasteiger partial charge on any atom is 0.338 e. The van der Waals surface area contributed by atoms with Gasteiger partial charge in [-0.15, -0.1) is 0 Å². The molecule has 2 aromatic heterocycles. The highest BCUT2D eigenvalue weighted by atomic mass is 32.1. The Morgan fingerprint density at radius 1 is 1.23 bits per heavy atom. The number of thiazole rings is 1. The van der Waals surface area contributed by atoms with Crippen molar-refractivity contribution in [2.75, 3.05) is 13.7 Å². The highest BCUT2D eigenvalue weighted by Crippen LogP contribution is 2.34. The number of hydrogen-bond acceptors (Lipinski definition) is 9. The van der Waals surface area contributed by atoms with Crippen molar-refractivity contribution >= 4 is 29.1 Å². The van der Waals surface area contributed by atoms with Gasteiger partial charge in [-0.2, -0.15) is 0 Å². The Labute approximate surface area is 230 Å². The van der Waals surface area contributed by atoms with E-state index in [4.69, 9.17) is 13.9 Å². The van der Waals surface area contributed by atoms with Gasteiger partial charge in [0, 0.05) is 6.08 Å². The van der Waals surface area contributed by atoms with Gasteiger partial charge >= 0.3 is 5.97 Å². The van der Waals surface area contributed by atoms with Crippen molar-refractivity contribution in [2.45, 2.75) is 19.9 Å². The van der Waals surface area contributed by atoms with Crippen LogP contribution >= 0.6 is 11.3 Å². The topological polar surface area (TPSA) is 126 Å². The fourth-order valence-corrected chi connectivity index (χ4v) is 5.48. The molecule has 12 heteroatoms. The number of nitro groups is 1. The van der Waals surface area contributed by atoms with Crippen LogP contribution in [0.2, 0.25) is 0 Å². The summed E-state index contributed by atoms with van der Waals surface area (Å²) in [6.45, 7) is 3.46. The number of benzene rings is 2. The van der Waals surface area contributed by atoms with Crippen molar-refractivity contribution in [1.82, 2.24) is 4.57 Å². The molecule has 1 atom stereocenters. The number of carbonyl (C=O) groups is 1. The zero-order chi connectivity index (χ0) is 28.6. The van der Waals surface area contributed by atoms with Crippen molar-refractivity contribution in [3.8, 4) is 17.1 Å². The number of hydrogen-bond donors (Lipinski definition) is 0. The van der Waals surface area contributed by atoms with E-state index >= 15 is 0 Å². The second-order valence-electron chi connectivity index (χ2n) is 8.70. The standard InChI is InChI=1S/C28H22FN3O7S/c1-4-38-27(34)24-15(2)30-28-31(25(24)16-5-7-17(29)8-6-16)26(33)23(40-28)14-19-10-12-22(39-19)20-11-9-18(37-3)13-21(20)32(35)36/h5-14,25H,4H2,1-3H3/b23-14-. The first kappa shape index (κ1) is 26.8. The largest absolute Gasteiger partial charge is 0.497 e. The van der Waals surface area contributed by atoms with Crippen LogP contribution in [-0.2, 0) is 9.53 Å². The number of halogens is 1. The molecule has 0 aliphatic carbocycles. The average Bonchev–Trinajstić information content (AvgIpc) is 3.52. The number of nitrogens with zero attached hydrogens (tertiary/aromatic N) is 3. The SMILES string of the molecule is CCOC(=O)C1=C(C)N=c2s/c(=C\c3ccc(-c4ccc(OC)cc4[N+](=O)[O-])o3)c(=O)n2C1c1ccc(F)cc1. The Hall–Kier alpha value is -4.84. The van der Waals surface area contributed by atoms with Gasteiger partial charge in [-0.1, -0.05) is 23.5 Å². The molecule has 0 amide bonds. The summed E-state index contributed by atoms with van der Waals surface area (Å²) in [6, 6.07) is 12.2. The quantitative estimate of drug-likeness (QED) is 0.188. The number of rotatable bonds is 7. The van der Waals surface area contributed by atoms with E-state index in [0.29, 0.717) is 21.8 Å². The molecular weight excluding hydrogens is 541 g/mol. The predicted molar refractivity (Wildman–Crippen MR) is 144 cm³/mol. The van der Waals surface area contributed by atoms with Gasteiger partial charge in [0.2, 0.25) is 0 Å². The van der Waals surface area contributed by atoms with Crippen molar-refractivity contribution in [3.63, 3.8) is 0 Å². The van der Waals surface area contributed by atoms with E-state index in [1.807, 2.05) is 0 Å². The normalized spacial score (nSPS) is 15.0. The highest BCUT2D eigenvalue weighted by molar-refractivity contribution is 7.07. The molecule has 1 unspecified atom stereocenters. The zero-order valence-corrected chi connectivity index (χ0v) is 22.4. The molecule has 0 spiro atoms. The Kier molecular flexibility index (Phi) is 7.18. The predicted octanol–water partition coefficient (Wildman–Crippen LogP) is 4.11. The van der Waals surface area contributed by atoms with E-state index < -0.39 is 28.3 Å². The third-order valence-electron chi connectivity index (χ3n) is 6.27. The van der Waals surface area contributed by atoms with Gasteiger partial charge in [-0.3, -0.25) is 19.5 Å². The van der Waals surface area contributed by atoms with Gasteiger partial charge in [-0.25, -0.2) is 14.2 Å². The minimum atomic E-state index is -0.882. The first-order valence-corrected chi connectivity index (χ1v) is 12.9. The zero-order valence-electron chi connectivity index (χ0n) is 21.5. The summed E-state index contributed by atoms with van der Waals surface area (Å²) in [7, 11) is 1.41. The molecule has 0 bridgehead atoms. The first-order chi connectivity index (χ1) is 19.2. The Morgan fingerprint density at radius 2 is 1.98 bits per heavy atom. The number of methoxy groups -OCH3 is 1. The molecule has 4 aromatic rings. The average molecular weight is 564 g/mol. The fourth-order valence-electron chi connectivity index (χ4n) is 4.45. The number of carbonyl (C=O) groups excluding carboxylic acids is 1. The summed E-state index contributed by atoms with van der Waals surface area (Å²) in [5.41, 5.74) is 0.685. The monoisotopic (exact) mass is 563 g/mol. The third-order valence-corrected chi connectivity index (χ3v) is 7.25. The van der Waals surface area contributed by atoms with Crippen molar-refractivity contribution in [3.05, 3.63) is 113 Å². The van der Waals surface area contributed by atoms with E-state index in [9.17, 15) is 24.1 Å². The van der Waals surface area contributed by atoms with Crippen LogP contribution in [-0.4, -0.2) is 29.2 Å². The number of fused-ring (bicyclic) bond motifs is 1. The summed E-state index contributed by atoms with van der Waals surface area (Å²) < 4.78 is 31.5. The Morgan fingerprint density at radius 3 is 2.65 bits per heavy atom. The van der Waals surface area contributed by atoms with Crippen LogP contribution in [0.5, 0.6) is 5.75 Å². The van der Waals surface area contributed by atoms with E-state index in [1.165, 1.54) is 54.2 Å². The van der Waals surface area contributed by atoms with Gasteiger partial charge in [0.15, 0.2) is 4.80 Å². The van der Waals surface area contributed by atoms with Crippen LogP contribution in [0.25, 0.3) is 17.4 Å². The number of ether oxygens (including phenoxy) is 2. The summed E-state index contributed by atoms with van der Waals surface area (Å²) >= 11 is 1.09. The molecule has 2 aromatic carbocycles. The van der Waals surface area contributed by atoms with Gasteiger partial charge in [-0.05, 0) is 55.8 Å². The van der Waals surface area contributed by atoms with E-state index in [-0.39, 0.29) is 39.5 Å². The van der Waals surface area contributed by atoms with Crippen LogP contribution in [0.3, 0.4) is 0 Å². The molecule has 0 N–H and O–H groups in total. The molecule has 0 fully saturated rings. The lowest BCUT2D eigenvalue weighted by molar-refractivity contribution is -0.384. The van der Waals surface area contributed by atoms with E-state index in [0.717, 1.165) is 11.3 Å². The van der Waals surface area contributed by atoms with E-state index in [1.54, 1.807) is 32.0 Å². The molecule has 204 valence electrons. The number of esters is 1.